The predicted molar refractivity (Wildman–Crippen MR) is 127 cm³/mol. The Morgan fingerprint density at radius 1 is 1.06 bits per heavy atom. The molecule has 1 saturated heterocycles. The van der Waals surface area contributed by atoms with E-state index in [1.54, 1.807) is 48.5 Å². The molecule has 1 heterocycles. The number of nitrogens with one attached hydrogen (secondary N) is 2. The Labute approximate surface area is 197 Å². The molecule has 8 nitrogen and oxygen atoms in total. The van der Waals surface area contributed by atoms with Crippen LogP contribution in [0.4, 0.5) is 10.5 Å². The first-order chi connectivity index (χ1) is 15.8. The number of carbonyl (C=O) groups excluding carboxylic acids is 4. The summed E-state index contributed by atoms with van der Waals surface area (Å²) < 4.78 is 5.39. The number of hydrogen-bond acceptors (Lipinski definition) is 6. The van der Waals surface area contributed by atoms with Crippen molar-refractivity contribution in [1.82, 2.24) is 10.2 Å². The summed E-state index contributed by atoms with van der Waals surface area (Å²) >= 11 is 0.996. The average molecular weight is 470 g/mol. The highest BCUT2D eigenvalue weighted by atomic mass is 32.2. The number of imide groups is 1. The lowest BCUT2D eigenvalue weighted by atomic mass is 10.0. The van der Waals surface area contributed by atoms with Gasteiger partial charge in [-0.3, -0.25) is 24.1 Å². The van der Waals surface area contributed by atoms with Gasteiger partial charge in [-0.1, -0.05) is 37.7 Å². The molecule has 0 saturated carbocycles. The fourth-order valence-electron chi connectivity index (χ4n) is 3.26. The summed E-state index contributed by atoms with van der Waals surface area (Å²) in [6.45, 7) is 6.33. The molecule has 4 amide bonds. The molecule has 2 aromatic rings. The van der Waals surface area contributed by atoms with E-state index in [0.29, 0.717) is 23.6 Å². The van der Waals surface area contributed by atoms with Crippen molar-refractivity contribution in [2.45, 2.75) is 33.4 Å². The maximum absolute atomic E-state index is 12.9. The number of carbonyl (C=O) groups is 4. The third-order valence-corrected chi connectivity index (χ3v) is 5.92. The fourth-order valence-corrected chi connectivity index (χ4v) is 3.98. The van der Waals surface area contributed by atoms with Gasteiger partial charge in [0.05, 0.1) is 18.9 Å². The zero-order chi connectivity index (χ0) is 24.0. The molecule has 0 radical (unpaired) electrons. The molecule has 1 unspecified atom stereocenters. The summed E-state index contributed by atoms with van der Waals surface area (Å²) in [7, 11) is 0. The van der Waals surface area contributed by atoms with Gasteiger partial charge < -0.3 is 15.4 Å². The Kier molecular flexibility index (Phi) is 8.11. The van der Waals surface area contributed by atoms with Gasteiger partial charge in [0.2, 0.25) is 11.8 Å². The van der Waals surface area contributed by atoms with Crippen LogP contribution in [0, 0.1) is 5.92 Å². The van der Waals surface area contributed by atoms with Crippen molar-refractivity contribution in [3.63, 3.8) is 0 Å². The Morgan fingerprint density at radius 2 is 1.73 bits per heavy atom. The summed E-state index contributed by atoms with van der Waals surface area (Å²) in [4.78, 5) is 50.2. The second-order valence-corrected chi connectivity index (χ2v) is 8.80. The van der Waals surface area contributed by atoms with Gasteiger partial charge in [0.25, 0.3) is 11.1 Å². The Morgan fingerprint density at radius 3 is 2.27 bits per heavy atom. The summed E-state index contributed by atoms with van der Waals surface area (Å²) in [6.07, 6.45) is 0. The number of amides is 4. The van der Waals surface area contributed by atoms with Crippen LogP contribution < -0.4 is 15.4 Å². The van der Waals surface area contributed by atoms with Gasteiger partial charge in [0.1, 0.15) is 11.8 Å². The number of nitrogens with zero attached hydrogens (tertiary/aromatic N) is 1. The van der Waals surface area contributed by atoms with Gasteiger partial charge in [-0.2, -0.15) is 0 Å². The highest BCUT2D eigenvalue weighted by Gasteiger charge is 2.30. The highest BCUT2D eigenvalue weighted by molar-refractivity contribution is 8.14. The number of rotatable bonds is 9. The molecule has 0 spiro atoms. The van der Waals surface area contributed by atoms with Gasteiger partial charge in [0, 0.05) is 11.3 Å². The summed E-state index contributed by atoms with van der Waals surface area (Å²) in [6, 6.07) is 12.9. The summed E-state index contributed by atoms with van der Waals surface area (Å²) in [5.41, 5.74) is 1.77. The van der Waals surface area contributed by atoms with Gasteiger partial charge >= 0.3 is 0 Å². The van der Waals surface area contributed by atoms with E-state index in [1.165, 1.54) is 4.90 Å². The molecule has 0 aliphatic carbocycles. The van der Waals surface area contributed by atoms with E-state index in [9.17, 15) is 19.2 Å². The van der Waals surface area contributed by atoms with Gasteiger partial charge in [0.15, 0.2) is 0 Å². The lowest BCUT2D eigenvalue weighted by Gasteiger charge is -2.22. The fraction of sp³-hybridized carbons (Fsp3) is 0.333. The molecule has 33 heavy (non-hydrogen) atoms. The van der Waals surface area contributed by atoms with Crippen LogP contribution in [0.5, 0.6) is 5.75 Å². The molecular formula is C24H27N3O5S. The molecule has 1 aliphatic rings. The maximum atomic E-state index is 12.9. The van der Waals surface area contributed by atoms with E-state index in [1.807, 2.05) is 20.8 Å². The smallest absolute Gasteiger partial charge is 0.289 e. The normalized spacial score (nSPS) is 14.4. The lowest BCUT2D eigenvalue weighted by molar-refractivity contribution is -0.125. The lowest BCUT2D eigenvalue weighted by Crippen LogP contribution is -2.47. The SMILES string of the molecule is CCOc1ccc(C(=O)NC(C(=O)Nc2ccc(CN3C(=O)CSC3=O)cc2)C(C)C)cc1. The molecule has 174 valence electrons. The Bertz CT molecular complexity index is 1010. The first-order valence-electron chi connectivity index (χ1n) is 10.7. The Hall–Kier alpha value is -3.33. The first kappa shape index (κ1) is 24.3. The van der Waals surface area contributed by atoms with E-state index in [4.69, 9.17) is 4.74 Å². The van der Waals surface area contributed by atoms with Crippen molar-refractivity contribution in [3.05, 3.63) is 59.7 Å². The van der Waals surface area contributed by atoms with Crippen LogP contribution in [0.25, 0.3) is 0 Å². The van der Waals surface area contributed by atoms with Gasteiger partial charge in [-0.25, -0.2) is 0 Å². The van der Waals surface area contributed by atoms with E-state index >= 15 is 0 Å². The molecule has 9 heteroatoms. The predicted octanol–water partition coefficient (Wildman–Crippen LogP) is 3.67. The van der Waals surface area contributed by atoms with Crippen molar-refractivity contribution in [3.8, 4) is 5.75 Å². The third kappa shape index (κ3) is 6.35. The zero-order valence-corrected chi connectivity index (χ0v) is 19.6. The maximum Gasteiger partial charge on any atom is 0.289 e. The minimum Gasteiger partial charge on any atom is -0.494 e. The topological polar surface area (TPSA) is 105 Å². The summed E-state index contributed by atoms with van der Waals surface area (Å²) in [5.74, 6) is -0.177. The summed E-state index contributed by atoms with van der Waals surface area (Å²) in [5, 5.41) is 5.37. The van der Waals surface area contributed by atoms with E-state index < -0.39 is 6.04 Å². The molecule has 2 aromatic carbocycles. The van der Waals surface area contributed by atoms with Crippen LogP contribution in [0.2, 0.25) is 0 Å². The minimum atomic E-state index is -0.736. The number of anilines is 1. The van der Waals surface area contributed by atoms with Gasteiger partial charge in [-0.05, 0) is 54.8 Å². The standard InChI is InChI=1S/C24H27N3O5S/c1-4-32-19-11-7-17(8-12-19)22(29)26-21(15(2)3)23(30)25-18-9-5-16(6-10-18)13-27-20(28)14-33-24(27)31/h5-12,15,21H,4,13-14H2,1-3H3,(H,25,30)(H,26,29). The molecule has 1 fully saturated rings. The largest absolute Gasteiger partial charge is 0.494 e. The van der Waals surface area contributed by atoms with Gasteiger partial charge in [-0.15, -0.1) is 0 Å². The molecule has 2 N–H and O–H groups in total. The van der Waals surface area contributed by atoms with Crippen molar-refractivity contribution in [2.24, 2.45) is 5.92 Å². The highest BCUT2D eigenvalue weighted by Crippen LogP contribution is 2.22. The Balaban J connectivity index is 1.61. The zero-order valence-electron chi connectivity index (χ0n) is 18.8. The second kappa shape index (κ2) is 11.0. The third-order valence-electron chi connectivity index (χ3n) is 5.07. The van der Waals surface area contributed by atoms with Crippen molar-refractivity contribution in [1.29, 1.82) is 0 Å². The van der Waals surface area contributed by atoms with E-state index in [2.05, 4.69) is 10.6 Å². The number of ether oxygens (including phenoxy) is 1. The minimum absolute atomic E-state index is 0.138. The van der Waals surface area contributed by atoms with Crippen molar-refractivity contribution >= 4 is 40.4 Å². The van der Waals surface area contributed by atoms with E-state index in [-0.39, 0.29) is 41.2 Å². The first-order valence-corrected chi connectivity index (χ1v) is 11.7. The quantitative estimate of drug-likeness (QED) is 0.581. The van der Waals surface area contributed by atoms with Crippen LogP contribution in [0.15, 0.2) is 48.5 Å². The average Bonchev–Trinajstić information content (AvgIpc) is 3.11. The van der Waals surface area contributed by atoms with E-state index in [0.717, 1.165) is 17.3 Å². The second-order valence-electron chi connectivity index (χ2n) is 7.87. The number of hydrogen-bond donors (Lipinski definition) is 2. The van der Waals surface area contributed by atoms with Crippen LogP contribution in [-0.2, 0) is 16.1 Å². The molecule has 0 bridgehead atoms. The monoisotopic (exact) mass is 469 g/mol. The van der Waals surface area contributed by atoms with Crippen LogP contribution >= 0.6 is 11.8 Å². The molecule has 0 aromatic heterocycles. The van der Waals surface area contributed by atoms with Crippen LogP contribution in [-0.4, -0.2) is 46.3 Å². The molecule has 3 rings (SSSR count). The van der Waals surface area contributed by atoms with Crippen LogP contribution in [0.3, 0.4) is 0 Å². The molecule has 1 atom stereocenters. The number of benzene rings is 2. The van der Waals surface area contributed by atoms with Crippen LogP contribution in [0.1, 0.15) is 36.7 Å². The molecule has 1 aliphatic heterocycles. The number of thioether (sulfide) groups is 1. The van der Waals surface area contributed by atoms with Crippen molar-refractivity contribution in [2.75, 3.05) is 17.7 Å². The molecular weight excluding hydrogens is 442 g/mol. The van der Waals surface area contributed by atoms with Crippen molar-refractivity contribution < 1.29 is 23.9 Å².